The van der Waals surface area contributed by atoms with Crippen LogP contribution in [0.2, 0.25) is 0 Å². The van der Waals surface area contributed by atoms with E-state index in [1.54, 1.807) is 6.07 Å². The molecule has 2 aromatic carbocycles. The van der Waals surface area contributed by atoms with Gasteiger partial charge in [0.25, 0.3) is 0 Å². The molecule has 1 aliphatic rings. The van der Waals surface area contributed by atoms with E-state index in [1.807, 2.05) is 56.1 Å². The third kappa shape index (κ3) is 3.81. The van der Waals surface area contributed by atoms with Gasteiger partial charge >= 0.3 is 6.03 Å². The first-order valence-corrected chi connectivity index (χ1v) is 9.61. The number of benzene rings is 2. The molecule has 3 aromatic rings. The number of rotatable bonds is 3. The summed E-state index contributed by atoms with van der Waals surface area (Å²) in [6.07, 6.45) is 0. The Balaban J connectivity index is 1.45. The Bertz CT molecular complexity index is 1180. The standard InChI is InChI=1S/C20H22N6O2S/c1-11-8-12(5-7-16(11)26-10-20(2,3)17(27)25-26)21-18(28)22-13-4-6-14-15(9-13)24-19(29)23-14/h4-9H,10H2,1-3H3,(H,25,27)(H2,21,22,28)(H2,23,24,29). The number of imidazole rings is 1. The van der Waals surface area contributed by atoms with Gasteiger partial charge in [-0.2, -0.15) is 0 Å². The number of H-pyrrole nitrogens is 2. The smallest absolute Gasteiger partial charge is 0.323 e. The highest BCUT2D eigenvalue weighted by molar-refractivity contribution is 7.71. The Morgan fingerprint density at radius 3 is 2.38 bits per heavy atom. The van der Waals surface area contributed by atoms with E-state index in [9.17, 15) is 9.59 Å². The number of hydrogen-bond donors (Lipinski definition) is 5. The monoisotopic (exact) mass is 410 g/mol. The van der Waals surface area contributed by atoms with Crippen LogP contribution in [0.4, 0.5) is 21.9 Å². The van der Waals surface area contributed by atoms with Gasteiger partial charge in [0.05, 0.1) is 28.7 Å². The molecule has 1 fully saturated rings. The van der Waals surface area contributed by atoms with Crippen LogP contribution in [0.1, 0.15) is 19.4 Å². The van der Waals surface area contributed by atoms with Crippen molar-refractivity contribution in [1.82, 2.24) is 15.4 Å². The number of hydrogen-bond acceptors (Lipinski definition) is 4. The Labute approximate surface area is 172 Å². The van der Waals surface area contributed by atoms with Crippen molar-refractivity contribution in [2.45, 2.75) is 20.8 Å². The summed E-state index contributed by atoms with van der Waals surface area (Å²) in [5.41, 5.74) is 7.32. The van der Waals surface area contributed by atoms with E-state index in [1.165, 1.54) is 0 Å². The predicted molar refractivity (Wildman–Crippen MR) is 117 cm³/mol. The molecule has 3 amide bonds. The van der Waals surface area contributed by atoms with E-state index in [-0.39, 0.29) is 11.9 Å². The number of nitrogens with one attached hydrogen (secondary N) is 5. The van der Waals surface area contributed by atoms with Crippen molar-refractivity contribution in [2.24, 2.45) is 5.41 Å². The minimum atomic E-state index is -0.437. The van der Waals surface area contributed by atoms with Gasteiger partial charge in [0, 0.05) is 11.4 Å². The third-order valence-electron chi connectivity index (χ3n) is 4.92. The highest BCUT2D eigenvalue weighted by Gasteiger charge is 2.38. The van der Waals surface area contributed by atoms with E-state index >= 15 is 0 Å². The summed E-state index contributed by atoms with van der Waals surface area (Å²) < 4.78 is 0.537. The molecule has 0 bridgehead atoms. The zero-order valence-corrected chi connectivity index (χ0v) is 17.2. The summed E-state index contributed by atoms with van der Waals surface area (Å²) in [6.45, 7) is 6.36. The SMILES string of the molecule is Cc1cc(NC(=O)Nc2ccc3[nH]c(=S)[nH]c3c2)ccc1N1CC(C)(C)C(=O)N1. The zero-order valence-electron chi connectivity index (χ0n) is 16.3. The Morgan fingerprint density at radius 1 is 1.07 bits per heavy atom. The molecule has 150 valence electrons. The first kappa shape index (κ1) is 19.0. The average Bonchev–Trinajstić information content (AvgIpc) is 3.12. The van der Waals surface area contributed by atoms with Crippen molar-refractivity contribution < 1.29 is 9.59 Å². The Morgan fingerprint density at radius 2 is 1.72 bits per heavy atom. The second-order valence-corrected chi connectivity index (χ2v) is 8.24. The summed E-state index contributed by atoms with van der Waals surface area (Å²) in [6, 6.07) is 10.7. The van der Waals surface area contributed by atoms with Gasteiger partial charge in [0.15, 0.2) is 4.77 Å². The van der Waals surface area contributed by atoms with E-state index < -0.39 is 5.41 Å². The molecular weight excluding hydrogens is 388 g/mol. The van der Waals surface area contributed by atoms with Gasteiger partial charge in [-0.1, -0.05) is 0 Å². The lowest BCUT2D eigenvalue weighted by atomic mass is 9.94. The van der Waals surface area contributed by atoms with Gasteiger partial charge in [-0.25, -0.2) is 4.79 Å². The summed E-state index contributed by atoms with van der Waals surface area (Å²) in [4.78, 5) is 30.5. The summed E-state index contributed by atoms with van der Waals surface area (Å²) in [5.74, 6) is -0.00159. The fraction of sp³-hybridized carbons (Fsp3) is 0.250. The van der Waals surface area contributed by atoms with Crippen molar-refractivity contribution in [3.8, 4) is 0 Å². The van der Waals surface area contributed by atoms with Crippen LogP contribution in [0.5, 0.6) is 0 Å². The fourth-order valence-electron chi connectivity index (χ4n) is 3.37. The maximum absolute atomic E-state index is 12.4. The molecule has 0 saturated carbocycles. The molecule has 1 saturated heterocycles. The number of nitrogens with zero attached hydrogens (tertiary/aromatic N) is 1. The molecule has 8 nitrogen and oxygen atoms in total. The van der Waals surface area contributed by atoms with Crippen molar-refractivity contribution in [2.75, 3.05) is 22.2 Å². The van der Waals surface area contributed by atoms with Crippen molar-refractivity contribution in [3.05, 3.63) is 46.7 Å². The number of carbonyl (C=O) groups excluding carboxylic acids is 2. The second kappa shape index (κ2) is 6.93. The quantitative estimate of drug-likeness (QED) is 0.420. The number of amides is 3. The fourth-order valence-corrected chi connectivity index (χ4v) is 3.59. The van der Waals surface area contributed by atoms with Crippen LogP contribution >= 0.6 is 12.2 Å². The lowest BCUT2D eigenvalue weighted by molar-refractivity contribution is -0.125. The molecule has 0 unspecified atom stereocenters. The molecule has 9 heteroatoms. The molecule has 0 spiro atoms. The van der Waals surface area contributed by atoms with Gasteiger partial charge in [0.2, 0.25) is 5.91 Å². The highest BCUT2D eigenvalue weighted by Crippen LogP contribution is 2.30. The number of aromatic amines is 2. The van der Waals surface area contributed by atoms with Crippen LogP contribution in [-0.4, -0.2) is 28.5 Å². The van der Waals surface area contributed by atoms with E-state index in [0.29, 0.717) is 22.7 Å². The molecule has 0 atom stereocenters. The molecule has 0 aliphatic carbocycles. The molecule has 4 rings (SSSR count). The highest BCUT2D eigenvalue weighted by atomic mass is 32.1. The number of hydrazine groups is 1. The normalized spacial score (nSPS) is 15.4. The third-order valence-corrected chi connectivity index (χ3v) is 5.13. The first-order valence-electron chi connectivity index (χ1n) is 9.21. The average molecular weight is 411 g/mol. The summed E-state index contributed by atoms with van der Waals surface area (Å²) in [5, 5.41) is 7.49. The Kier molecular flexibility index (Phi) is 4.54. The van der Waals surface area contributed by atoms with Gasteiger partial charge in [-0.05, 0) is 75.0 Å². The molecule has 1 aromatic heterocycles. The first-order chi connectivity index (χ1) is 13.7. The largest absolute Gasteiger partial charge is 0.331 e. The minimum Gasteiger partial charge on any atom is -0.331 e. The van der Waals surface area contributed by atoms with Crippen molar-refractivity contribution >= 4 is 52.3 Å². The second-order valence-electron chi connectivity index (χ2n) is 7.83. The van der Waals surface area contributed by atoms with Crippen molar-refractivity contribution in [1.29, 1.82) is 0 Å². The van der Waals surface area contributed by atoms with Gasteiger partial charge in [-0.15, -0.1) is 0 Å². The number of fused-ring (bicyclic) bond motifs is 1. The number of anilines is 3. The summed E-state index contributed by atoms with van der Waals surface area (Å²) in [7, 11) is 0. The maximum Gasteiger partial charge on any atom is 0.323 e. The van der Waals surface area contributed by atoms with Crippen LogP contribution < -0.4 is 21.1 Å². The van der Waals surface area contributed by atoms with Gasteiger partial charge in [-0.3, -0.25) is 15.2 Å². The molecule has 1 aliphatic heterocycles. The van der Waals surface area contributed by atoms with E-state index in [4.69, 9.17) is 12.2 Å². The van der Waals surface area contributed by atoms with Crippen LogP contribution in [0, 0.1) is 17.1 Å². The van der Waals surface area contributed by atoms with Crippen LogP contribution in [0.3, 0.4) is 0 Å². The lowest BCUT2D eigenvalue weighted by Gasteiger charge is -2.21. The van der Waals surface area contributed by atoms with Crippen molar-refractivity contribution in [3.63, 3.8) is 0 Å². The zero-order chi connectivity index (χ0) is 20.8. The minimum absolute atomic E-state index is 0.00159. The van der Waals surface area contributed by atoms with Crippen LogP contribution in [-0.2, 0) is 4.79 Å². The number of aromatic nitrogens is 2. The molecular formula is C20H22N6O2S. The number of carbonyl (C=O) groups is 2. The molecule has 29 heavy (non-hydrogen) atoms. The topological polar surface area (TPSA) is 105 Å². The van der Waals surface area contributed by atoms with Gasteiger partial charge in [0.1, 0.15) is 0 Å². The van der Waals surface area contributed by atoms with Crippen LogP contribution in [0.15, 0.2) is 36.4 Å². The van der Waals surface area contributed by atoms with E-state index in [2.05, 4.69) is 26.0 Å². The number of urea groups is 1. The van der Waals surface area contributed by atoms with Crippen LogP contribution in [0.25, 0.3) is 11.0 Å². The number of aryl methyl sites for hydroxylation is 1. The summed E-state index contributed by atoms with van der Waals surface area (Å²) >= 11 is 5.07. The lowest BCUT2D eigenvalue weighted by Crippen LogP contribution is -2.33. The van der Waals surface area contributed by atoms with E-state index in [0.717, 1.165) is 22.3 Å². The maximum atomic E-state index is 12.4. The molecule has 5 N–H and O–H groups in total. The Hall–Kier alpha value is -3.33. The predicted octanol–water partition coefficient (Wildman–Crippen LogP) is 4.06. The molecule has 0 radical (unpaired) electrons. The van der Waals surface area contributed by atoms with Gasteiger partial charge < -0.3 is 20.6 Å². The molecule has 2 heterocycles.